The lowest BCUT2D eigenvalue weighted by molar-refractivity contribution is 0.0694. The standard InChI is InChI=1S/C18H10Cl2N4O4/c19-10-6-9-12(7-11(10)20)22-18(28)24-15(9)13(17(26)27)14(23-24)16(25)21-8-4-2-1-3-5-8/h1-7H,(H,21,25)(H,22,28)(H,26,27). The third-order valence-corrected chi connectivity index (χ3v) is 4.82. The Bertz CT molecular complexity index is 1330. The van der Waals surface area contributed by atoms with Crippen LogP contribution in [0.1, 0.15) is 20.8 Å². The molecular formula is C18H10Cl2N4O4. The Kier molecular flexibility index (Phi) is 4.29. The number of fused-ring (bicyclic) bond motifs is 3. The van der Waals surface area contributed by atoms with Crippen molar-refractivity contribution in [2.75, 3.05) is 5.32 Å². The van der Waals surface area contributed by atoms with Gasteiger partial charge in [-0.15, -0.1) is 0 Å². The molecule has 2 aromatic heterocycles. The van der Waals surface area contributed by atoms with Crippen LogP contribution in [0.4, 0.5) is 5.69 Å². The number of aromatic amines is 1. The van der Waals surface area contributed by atoms with Gasteiger partial charge in [-0.2, -0.15) is 9.61 Å². The largest absolute Gasteiger partial charge is 0.478 e. The molecule has 0 saturated carbocycles. The molecule has 8 nitrogen and oxygen atoms in total. The predicted octanol–water partition coefficient (Wildman–Crippen LogP) is 3.43. The van der Waals surface area contributed by atoms with E-state index in [1.54, 1.807) is 30.3 Å². The molecule has 0 radical (unpaired) electrons. The maximum Gasteiger partial charge on any atom is 0.347 e. The summed E-state index contributed by atoms with van der Waals surface area (Å²) in [6.07, 6.45) is 0. The van der Waals surface area contributed by atoms with Gasteiger partial charge in [0.25, 0.3) is 5.91 Å². The highest BCUT2D eigenvalue weighted by Crippen LogP contribution is 2.30. The Labute approximate surface area is 166 Å². The molecule has 4 aromatic rings. The fraction of sp³-hybridized carbons (Fsp3) is 0. The average Bonchev–Trinajstić information content (AvgIpc) is 3.06. The van der Waals surface area contributed by atoms with Gasteiger partial charge in [0.1, 0.15) is 5.56 Å². The summed E-state index contributed by atoms with van der Waals surface area (Å²) in [4.78, 5) is 39.6. The molecule has 10 heteroatoms. The molecule has 3 N–H and O–H groups in total. The summed E-state index contributed by atoms with van der Waals surface area (Å²) < 4.78 is 0.829. The zero-order valence-corrected chi connectivity index (χ0v) is 15.4. The van der Waals surface area contributed by atoms with Crippen molar-refractivity contribution in [1.82, 2.24) is 14.6 Å². The van der Waals surface area contributed by atoms with Crippen molar-refractivity contribution in [3.63, 3.8) is 0 Å². The van der Waals surface area contributed by atoms with Crippen molar-refractivity contribution in [1.29, 1.82) is 0 Å². The number of amides is 1. The van der Waals surface area contributed by atoms with Gasteiger partial charge in [0.05, 0.1) is 21.1 Å². The third-order valence-electron chi connectivity index (χ3n) is 4.10. The number of hydrogen-bond donors (Lipinski definition) is 3. The number of carboxylic acids is 1. The fourth-order valence-corrected chi connectivity index (χ4v) is 3.23. The summed E-state index contributed by atoms with van der Waals surface area (Å²) in [5, 5.41) is 16.9. The number of anilines is 1. The number of hydrogen-bond acceptors (Lipinski definition) is 4. The number of nitrogens with one attached hydrogen (secondary N) is 2. The maximum absolute atomic E-state index is 12.7. The highest BCUT2D eigenvalue weighted by atomic mass is 35.5. The van der Waals surface area contributed by atoms with E-state index in [-0.39, 0.29) is 26.5 Å². The molecule has 0 aliphatic rings. The van der Waals surface area contributed by atoms with Gasteiger partial charge in [0.15, 0.2) is 5.69 Å². The zero-order chi connectivity index (χ0) is 20.0. The van der Waals surface area contributed by atoms with Crippen molar-refractivity contribution in [3.8, 4) is 0 Å². The third kappa shape index (κ3) is 2.88. The minimum atomic E-state index is -1.41. The second kappa shape index (κ2) is 6.66. The second-order valence-corrected chi connectivity index (χ2v) is 6.67. The molecule has 28 heavy (non-hydrogen) atoms. The number of halogens is 2. The molecule has 0 aliphatic carbocycles. The first-order chi connectivity index (χ1) is 13.4. The SMILES string of the molecule is O=C(Nc1ccccc1)c1nn2c(=O)[nH]c3cc(Cl)c(Cl)cc3c2c1C(=O)O. The van der Waals surface area contributed by atoms with Gasteiger partial charge in [0.2, 0.25) is 0 Å². The van der Waals surface area contributed by atoms with E-state index >= 15 is 0 Å². The van der Waals surface area contributed by atoms with Crippen LogP contribution in [0, 0.1) is 0 Å². The van der Waals surface area contributed by atoms with Gasteiger partial charge < -0.3 is 15.4 Å². The lowest BCUT2D eigenvalue weighted by Gasteiger charge is -2.04. The summed E-state index contributed by atoms with van der Waals surface area (Å²) in [7, 11) is 0. The molecule has 0 fully saturated rings. The van der Waals surface area contributed by atoms with Crippen LogP contribution in [0.3, 0.4) is 0 Å². The van der Waals surface area contributed by atoms with Crippen LogP contribution in [-0.2, 0) is 0 Å². The molecule has 0 aliphatic heterocycles. The van der Waals surface area contributed by atoms with E-state index in [2.05, 4.69) is 15.4 Å². The molecule has 1 amide bonds. The first-order valence-corrected chi connectivity index (χ1v) is 8.66. The molecule has 0 atom stereocenters. The van der Waals surface area contributed by atoms with Crippen molar-refractivity contribution in [2.45, 2.75) is 0 Å². The van der Waals surface area contributed by atoms with Crippen LogP contribution >= 0.6 is 23.2 Å². The summed E-state index contributed by atoms with van der Waals surface area (Å²) in [6, 6.07) is 11.3. The minimum Gasteiger partial charge on any atom is -0.478 e. The molecule has 2 heterocycles. The first kappa shape index (κ1) is 18.0. The van der Waals surface area contributed by atoms with Crippen LogP contribution in [0.15, 0.2) is 47.3 Å². The molecule has 0 saturated heterocycles. The zero-order valence-electron chi connectivity index (χ0n) is 13.9. The van der Waals surface area contributed by atoms with E-state index in [4.69, 9.17) is 23.2 Å². The van der Waals surface area contributed by atoms with Crippen LogP contribution in [-0.4, -0.2) is 31.6 Å². The number of benzene rings is 2. The van der Waals surface area contributed by atoms with Crippen LogP contribution in [0.5, 0.6) is 0 Å². The van der Waals surface area contributed by atoms with Gasteiger partial charge in [-0.3, -0.25) is 4.79 Å². The number of carbonyl (C=O) groups is 2. The Morgan fingerprint density at radius 2 is 1.79 bits per heavy atom. The van der Waals surface area contributed by atoms with Crippen LogP contribution in [0.25, 0.3) is 16.4 Å². The Morgan fingerprint density at radius 1 is 1.11 bits per heavy atom. The number of H-pyrrole nitrogens is 1. The van der Waals surface area contributed by atoms with Gasteiger partial charge in [-0.05, 0) is 24.3 Å². The quantitative estimate of drug-likeness (QED) is 0.472. The molecule has 0 bridgehead atoms. The highest BCUT2D eigenvalue weighted by Gasteiger charge is 2.27. The number of rotatable bonds is 3. The maximum atomic E-state index is 12.7. The smallest absolute Gasteiger partial charge is 0.347 e. The predicted molar refractivity (Wildman–Crippen MR) is 105 cm³/mol. The second-order valence-electron chi connectivity index (χ2n) is 5.85. The van der Waals surface area contributed by atoms with E-state index in [0.717, 1.165) is 4.52 Å². The van der Waals surface area contributed by atoms with Gasteiger partial charge in [-0.25, -0.2) is 9.59 Å². The van der Waals surface area contributed by atoms with Crippen molar-refractivity contribution < 1.29 is 14.7 Å². The van der Waals surface area contributed by atoms with Crippen LogP contribution in [0.2, 0.25) is 10.0 Å². The number of nitrogens with zero attached hydrogens (tertiary/aromatic N) is 2. The van der Waals surface area contributed by atoms with Crippen molar-refractivity contribution in [2.24, 2.45) is 0 Å². The van der Waals surface area contributed by atoms with E-state index in [1.165, 1.54) is 12.1 Å². The molecule has 140 valence electrons. The normalized spacial score (nSPS) is 11.1. The summed E-state index contributed by atoms with van der Waals surface area (Å²) in [5.41, 5.74) is -0.868. The van der Waals surface area contributed by atoms with E-state index in [0.29, 0.717) is 5.69 Å². The number of aromatic carboxylic acids is 1. The minimum absolute atomic E-state index is 0.0528. The monoisotopic (exact) mass is 416 g/mol. The van der Waals surface area contributed by atoms with E-state index < -0.39 is 28.8 Å². The lowest BCUT2D eigenvalue weighted by Crippen LogP contribution is -2.19. The molecule has 4 rings (SSSR count). The van der Waals surface area contributed by atoms with Gasteiger partial charge in [0, 0.05) is 11.1 Å². The number of para-hydroxylation sites is 1. The summed E-state index contributed by atoms with van der Waals surface area (Å²) >= 11 is 12.0. The Balaban J connectivity index is 2.01. The molecule has 2 aromatic carbocycles. The average molecular weight is 417 g/mol. The number of carboxylic acid groups (broad SMARTS) is 1. The first-order valence-electron chi connectivity index (χ1n) is 7.90. The van der Waals surface area contributed by atoms with Gasteiger partial charge in [-0.1, -0.05) is 41.4 Å². The Hall–Kier alpha value is -3.36. The summed E-state index contributed by atoms with van der Waals surface area (Å²) in [5.74, 6) is -2.17. The van der Waals surface area contributed by atoms with E-state index in [1.807, 2.05) is 0 Å². The number of carbonyl (C=O) groups excluding carboxylic acids is 1. The molecule has 0 unspecified atom stereocenters. The van der Waals surface area contributed by atoms with Crippen LogP contribution < -0.4 is 11.0 Å². The molecular weight excluding hydrogens is 407 g/mol. The van der Waals surface area contributed by atoms with Gasteiger partial charge >= 0.3 is 11.7 Å². The highest BCUT2D eigenvalue weighted by molar-refractivity contribution is 6.43. The topological polar surface area (TPSA) is 117 Å². The fourth-order valence-electron chi connectivity index (χ4n) is 2.90. The summed E-state index contributed by atoms with van der Waals surface area (Å²) in [6.45, 7) is 0. The lowest BCUT2D eigenvalue weighted by atomic mass is 10.1. The van der Waals surface area contributed by atoms with Crippen molar-refractivity contribution >= 4 is 57.2 Å². The van der Waals surface area contributed by atoms with Crippen molar-refractivity contribution in [3.05, 3.63) is 74.3 Å². The molecule has 0 spiro atoms. The Morgan fingerprint density at radius 3 is 2.46 bits per heavy atom. The number of aromatic nitrogens is 3. The van der Waals surface area contributed by atoms with E-state index in [9.17, 15) is 19.5 Å².